The van der Waals surface area contributed by atoms with Crippen molar-refractivity contribution in [3.05, 3.63) is 29.3 Å². The lowest BCUT2D eigenvalue weighted by atomic mass is 10.0. The highest BCUT2D eigenvalue weighted by Crippen LogP contribution is 2.16. The van der Waals surface area contributed by atoms with Crippen molar-refractivity contribution in [1.29, 1.82) is 0 Å². The third kappa shape index (κ3) is 4.02. The summed E-state index contributed by atoms with van der Waals surface area (Å²) in [5, 5.41) is 6.86. The van der Waals surface area contributed by atoms with Gasteiger partial charge < -0.3 is 10.6 Å². The van der Waals surface area contributed by atoms with E-state index in [0.717, 1.165) is 25.2 Å². The molecule has 0 radical (unpaired) electrons. The summed E-state index contributed by atoms with van der Waals surface area (Å²) in [6.07, 6.45) is 2.75. The smallest absolute Gasteiger partial charge is 0.224 e. The van der Waals surface area contributed by atoms with Crippen LogP contribution in [0, 0.1) is 5.92 Å². The van der Waals surface area contributed by atoms with Crippen molar-refractivity contribution in [3.63, 3.8) is 0 Å². The highest BCUT2D eigenvalue weighted by atomic mass is 35.5. The van der Waals surface area contributed by atoms with Crippen LogP contribution < -0.4 is 10.6 Å². The van der Waals surface area contributed by atoms with E-state index in [1.807, 2.05) is 12.1 Å². The third-order valence-corrected chi connectivity index (χ3v) is 3.32. The first kappa shape index (κ1) is 12.4. The van der Waals surface area contributed by atoms with Crippen LogP contribution in [0.2, 0.25) is 5.02 Å². The first-order valence-electron chi connectivity index (χ1n) is 6.00. The van der Waals surface area contributed by atoms with Gasteiger partial charge in [-0.25, -0.2) is 0 Å². The van der Waals surface area contributed by atoms with Crippen molar-refractivity contribution >= 4 is 23.2 Å². The van der Waals surface area contributed by atoms with Crippen molar-refractivity contribution < 1.29 is 4.79 Å². The Bertz CT molecular complexity index is 372. The first-order chi connectivity index (χ1) is 8.24. The molecule has 92 valence electrons. The van der Waals surface area contributed by atoms with Crippen LogP contribution in [0.15, 0.2) is 24.3 Å². The Kier molecular flexibility index (Phi) is 4.40. The van der Waals surface area contributed by atoms with E-state index in [2.05, 4.69) is 10.6 Å². The monoisotopic (exact) mass is 252 g/mol. The Hall–Kier alpha value is -1.06. The molecule has 1 aliphatic rings. The average molecular weight is 253 g/mol. The molecule has 0 spiro atoms. The summed E-state index contributed by atoms with van der Waals surface area (Å²) in [6.45, 7) is 2.14. The maximum Gasteiger partial charge on any atom is 0.224 e. The molecule has 3 nitrogen and oxygen atoms in total. The van der Waals surface area contributed by atoms with Crippen LogP contribution >= 0.6 is 11.6 Å². The van der Waals surface area contributed by atoms with Crippen molar-refractivity contribution in [2.45, 2.75) is 19.3 Å². The van der Waals surface area contributed by atoms with Crippen LogP contribution in [0.25, 0.3) is 0 Å². The van der Waals surface area contributed by atoms with E-state index in [9.17, 15) is 4.79 Å². The lowest BCUT2D eigenvalue weighted by Crippen LogP contribution is -2.14. The SMILES string of the molecule is O=C(CCC1CCNC1)Nc1ccc(Cl)cc1. The molecule has 2 N–H and O–H groups in total. The number of carbonyl (C=O) groups excluding carboxylic acids is 1. The molecule has 1 atom stereocenters. The zero-order valence-corrected chi connectivity index (χ0v) is 10.5. The quantitative estimate of drug-likeness (QED) is 0.865. The minimum atomic E-state index is 0.0826. The fourth-order valence-electron chi connectivity index (χ4n) is 2.05. The highest BCUT2D eigenvalue weighted by molar-refractivity contribution is 6.30. The number of benzene rings is 1. The lowest BCUT2D eigenvalue weighted by molar-refractivity contribution is -0.116. The third-order valence-electron chi connectivity index (χ3n) is 3.07. The number of hydrogen-bond donors (Lipinski definition) is 2. The molecule has 2 rings (SSSR count). The van der Waals surface area contributed by atoms with E-state index in [0.29, 0.717) is 17.4 Å². The van der Waals surface area contributed by atoms with Crippen molar-refractivity contribution in [2.24, 2.45) is 5.92 Å². The molecule has 0 aromatic heterocycles. The molecule has 1 unspecified atom stereocenters. The number of nitrogens with one attached hydrogen (secondary N) is 2. The minimum Gasteiger partial charge on any atom is -0.326 e. The van der Waals surface area contributed by atoms with Crippen LogP contribution in [0.4, 0.5) is 5.69 Å². The van der Waals surface area contributed by atoms with Crippen molar-refractivity contribution in [2.75, 3.05) is 18.4 Å². The normalized spacial score (nSPS) is 19.2. The van der Waals surface area contributed by atoms with Gasteiger partial charge in [0.25, 0.3) is 0 Å². The Morgan fingerprint density at radius 2 is 2.18 bits per heavy atom. The topological polar surface area (TPSA) is 41.1 Å². The molecule has 1 fully saturated rings. The molecule has 17 heavy (non-hydrogen) atoms. The van der Waals surface area contributed by atoms with Crippen LogP contribution in [-0.2, 0) is 4.79 Å². The number of hydrogen-bond acceptors (Lipinski definition) is 2. The van der Waals surface area contributed by atoms with Gasteiger partial charge in [0, 0.05) is 17.1 Å². The zero-order chi connectivity index (χ0) is 12.1. The predicted octanol–water partition coefficient (Wildman–Crippen LogP) is 2.67. The Labute approximate surface area is 107 Å². The standard InChI is InChI=1S/C13H17ClN2O/c14-11-2-4-12(5-3-11)16-13(17)6-1-10-7-8-15-9-10/h2-5,10,15H,1,6-9H2,(H,16,17). The summed E-state index contributed by atoms with van der Waals surface area (Å²) >= 11 is 5.78. The molecule has 0 bridgehead atoms. The molecule has 1 saturated heterocycles. The second-order valence-electron chi connectivity index (χ2n) is 4.45. The van der Waals surface area contributed by atoms with Gasteiger partial charge in [0.05, 0.1) is 0 Å². The highest BCUT2D eigenvalue weighted by Gasteiger charge is 2.15. The maximum atomic E-state index is 11.7. The van der Waals surface area contributed by atoms with E-state index in [1.54, 1.807) is 12.1 Å². The molecule has 1 aromatic carbocycles. The van der Waals surface area contributed by atoms with Crippen LogP contribution in [0.5, 0.6) is 0 Å². The molecule has 0 saturated carbocycles. The molecule has 0 aliphatic carbocycles. The summed E-state index contributed by atoms with van der Waals surface area (Å²) in [7, 11) is 0. The predicted molar refractivity (Wildman–Crippen MR) is 70.3 cm³/mol. The van der Waals surface area contributed by atoms with Crippen LogP contribution in [0.1, 0.15) is 19.3 Å². The Balaban J connectivity index is 1.74. The second-order valence-corrected chi connectivity index (χ2v) is 4.89. The van der Waals surface area contributed by atoms with Crippen molar-refractivity contribution in [1.82, 2.24) is 5.32 Å². The summed E-state index contributed by atoms with van der Waals surface area (Å²) < 4.78 is 0. The average Bonchev–Trinajstić information content (AvgIpc) is 2.83. The van der Waals surface area contributed by atoms with Gasteiger partial charge in [0.1, 0.15) is 0 Å². The molecule has 1 amide bonds. The Morgan fingerprint density at radius 3 is 2.82 bits per heavy atom. The van der Waals surface area contributed by atoms with E-state index < -0.39 is 0 Å². The number of amides is 1. The molecular formula is C13H17ClN2O. The van der Waals surface area contributed by atoms with E-state index in [-0.39, 0.29) is 5.91 Å². The summed E-state index contributed by atoms with van der Waals surface area (Å²) in [6, 6.07) is 7.19. The Morgan fingerprint density at radius 1 is 1.41 bits per heavy atom. The molecular weight excluding hydrogens is 236 g/mol. The van der Waals surface area contributed by atoms with Gasteiger partial charge in [-0.2, -0.15) is 0 Å². The maximum absolute atomic E-state index is 11.7. The first-order valence-corrected chi connectivity index (χ1v) is 6.38. The minimum absolute atomic E-state index is 0.0826. The van der Waals surface area contributed by atoms with Crippen LogP contribution in [0.3, 0.4) is 0 Å². The van der Waals surface area contributed by atoms with E-state index >= 15 is 0 Å². The molecule has 1 aliphatic heterocycles. The number of anilines is 1. The van der Waals surface area contributed by atoms with Gasteiger partial charge in [-0.3, -0.25) is 4.79 Å². The fraction of sp³-hybridized carbons (Fsp3) is 0.462. The van der Waals surface area contributed by atoms with Gasteiger partial charge in [-0.15, -0.1) is 0 Å². The van der Waals surface area contributed by atoms with Gasteiger partial charge in [0.2, 0.25) is 5.91 Å². The van der Waals surface area contributed by atoms with Gasteiger partial charge >= 0.3 is 0 Å². The van der Waals surface area contributed by atoms with E-state index in [4.69, 9.17) is 11.6 Å². The van der Waals surface area contributed by atoms with Gasteiger partial charge in [-0.1, -0.05) is 11.6 Å². The summed E-state index contributed by atoms with van der Waals surface area (Å²) in [4.78, 5) is 11.7. The lowest BCUT2D eigenvalue weighted by Gasteiger charge is -2.08. The summed E-state index contributed by atoms with van der Waals surface area (Å²) in [5.41, 5.74) is 0.809. The molecule has 1 heterocycles. The fourth-order valence-corrected chi connectivity index (χ4v) is 2.18. The van der Waals surface area contributed by atoms with Gasteiger partial charge in [0.15, 0.2) is 0 Å². The number of rotatable bonds is 4. The van der Waals surface area contributed by atoms with E-state index in [1.165, 1.54) is 6.42 Å². The van der Waals surface area contributed by atoms with Crippen molar-refractivity contribution in [3.8, 4) is 0 Å². The molecule has 1 aromatic rings. The largest absolute Gasteiger partial charge is 0.326 e. The zero-order valence-electron chi connectivity index (χ0n) is 9.71. The molecule has 4 heteroatoms. The van der Waals surface area contributed by atoms with Gasteiger partial charge in [-0.05, 0) is 56.1 Å². The second kappa shape index (κ2) is 6.03. The number of halogens is 1. The summed E-state index contributed by atoms with van der Waals surface area (Å²) in [5.74, 6) is 0.741. The van der Waals surface area contributed by atoms with Crippen LogP contribution in [-0.4, -0.2) is 19.0 Å². The number of carbonyl (C=O) groups is 1.